The molecule has 4 atom stereocenters. The lowest BCUT2D eigenvalue weighted by molar-refractivity contribution is -0.139. The minimum absolute atomic E-state index is 0.00120. The number of methoxy groups -OCH3 is 1. The van der Waals surface area contributed by atoms with Gasteiger partial charge in [0.2, 0.25) is 0 Å². The molecule has 0 saturated carbocycles. The molecule has 4 unspecified atom stereocenters. The molecular weight excluding hydrogens is 461 g/mol. The topological polar surface area (TPSA) is 84.6 Å². The summed E-state index contributed by atoms with van der Waals surface area (Å²) >= 11 is 12.0. The summed E-state index contributed by atoms with van der Waals surface area (Å²) < 4.78 is 35.7. The number of hydrogen-bond donors (Lipinski definition) is 3. The van der Waals surface area contributed by atoms with Crippen molar-refractivity contribution in [1.82, 2.24) is 5.32 Å². The van der Waals surface area contributed by atoms with Crippen LogP contribution in [0.15, 0.2) is 36.4 Å². The van der Waals surface area contributed by atoms with Gasteiger partial charge < -0.3 is 15.6 Å². The standard InChI is InChI=1S/C23H26Cl2F2N2O3/c1-22(2,11-32-3)10-17-23(28,14-8-7-12(24)9-16(14)26)18(20(29-17)21(30)31)13-5-4-6-15(25)19(13)27/h4-9,17-18,20,29H,10-11,28H2,1-3H3,(H,30,31). The van der Waals surface area contributed by atoms with E-state index in [1.807, 2.05) is 13.8 Å². The summed E-state index contributed by atoms with van der Waals surface area (Å²) in [5.41, 5.74) is 4.92. The van der Waals surface area contributed by atoms with Gasteiger partial charge in [-0.05, 0) is 35.6 Å². The number of hydrogen-bond acceptors (Lipinski definition) is 4. The molecule has 0 spiro atoms. The summed E-state index contributed by atoms with van der Waals surface area (Å²) in [5, 5.41) is 13.0. The zero-order valence-corrected chi connectivity index (χ0v) is 19.5. The lowest BCUT2D eigenvalue weighted by Gasteiger charge is -2.40. The molecule has 1 aliphatic heterocycles. The Hall–Kier alpha value is -1.77. The first-order chi connectivity index (χ1) is 14.9. The van der Waals surface area contributed by atoms with Crippen molar-refractivity contribution in [2.45, 2.75) is 43.8 Å². The maximum absolute atomic E-state index is 15.2. The monoisotopic (exact) mass is 486 g/mol. The molecule has 1 fully saturated rings. The Bertz CT molecular complexity index is 1020. The van der Waals surface area contributed by atoms with Crippen molar-refractivity contribution in [1.29, 1.82) is 0 Å². The van der Waals surface area contributed by atoms with Crippen molar-refractivity contribution in [3.8, 4) is 0 Å². The quantitative estimate of drug-likeness (QED) is 0.528. The van der Waals surface area contributed by atoms with Gasteiger partial charge in [-0.25, -0.2) is 8.78 Å². The highest BCUT2D eigenvalue weighted by Crippen LogP contribution is 2.49. The molecule has 0 bridgehead atoms. The highest BCUT2D eigenvalue weighted by Gasteiger charge is 2.58. The normalized spacial score (nSPS) is 25.8. The highest BCUT2D eigenvalue weighted by atomic mass is 35.5. The molecule has 2 aromatic rings. The third-order valence-corrected chi connectivity index (χ3v) is 6.60. The van der Waals surface area contributed by atoms with Crippen LogP contribution in [0.4, 0.5) is 8.78 Å². The van der Waals surface area contributed by atoms with Crippen LogP contribution in [0, 0.1) is 17.0 Å². The van der Waals surface area contributed by atoms with Crippen molar-refractivity contribution < 1.29 is 23.4 Å². The van der Waals surface area contributed by atoms with Crippen molar-refractivity contribution in [3.05, 3.63) is 69.2 Å². The van der Waals surface area contributed by atoms with Crippen LogP contribution >= 0.6 is 23.2 Å². The molecular formula is C23H26Cl2F2N2O3. The van der Waals surface area contributed by atoms with Crippen molar-refractivity contribution in [2.75, 3.05) is 13.7 Å². The molecule has 0 amide bonds. The lowest BCUT2D eigenvalue weighted by Crippen LogP contribution is -2.53. The van der Waals surface area contributed by atoms with Gasteiger partial charge in [-0.3, -0.25) is 10.1 Å². The van der Waals surface area contributed by atoms with E-state index in [0.29, 0.717) is 13.0 Å². The Kier molecular flexibility index (Phi) is 7.17. The van der Waals surface area contributed by atoms with E-state index in [9.17, 15) is 9.90 Å². The molecule has 1 heterocycles. The Balaban J connectivity index is 2.27. The summed E-state index contributed by atoms with van der Waals surface area (Å²) in [6, 6.07) is 6.31. The van der Waals surface area contributed by atoms with E-state index in [0.717, 1.165) is 6.07 Å². The summed E-state index contributed by atoms with van der Waals surface area (Å²) in [6.45, 7) is 4.22. The molecule has 174 valence electrons. The van der Waals surface area contributed by atoms with Crippen LogP contribution in [-0.2, 0) is 15.1 Å². The summed E-state index contributed by atoms with van der Waals surface area (Å²) in [6.07, 6.45) is 0.335. The van der Waals surface area contributed by atoms with Crippen LogP contribution in [0.1, 0.15) is 37.3 Å². The van der Waals surface area contributed by atoms with Crippen LogP contribution < -0.4 is 11.1 Å². The van der Waals surface area contributed by atoms with Gasteiger partial charge in [-0.1, -0.05) is 55.2 Å². The van der Waals surface area contributed by atoms with Gasteiger partial charge in [0.25, 0.3) is 0 Å². The third kappa shape index (κ3) is 4.50. The predicted molar refractivity (Wildman–Crippen MR) is 120 cm³/mol. The van der Waals surface area contributed by atoms with Gasteiger partial charge in [0.05, 0.1) is 17.2 Å². The number of aliphatic carboxylic acids is 1. The van der Waals surface area contributed by atoms with E-state index >= 15 is 8.78 Å². The Morgan fingerprint density at radius 3 is 2.56 bits per heavy atom. The number of benzene rings is 2. The van der Waals surface area contributed by atoms with E-state index in [1.54, 1.807) is 7.11 Å². The van der Waals surface area contributed by atoms with E-state index in [1.165, 1.54) is 30.3 Å². The summed E-state index contributed by atoms with van der Waals surface area (Å²) in [4.78, 5) is 12.3. The Morgan fingerprint density at radius 1 is 1.28 bits per heavy atom. The number of carboxylic acids is 1. The maximum atomic E-state index is 15.2. The second-order valence-corrected chi connectivity index (χ2v) is 9.86. The first-order valence-corrected chi connectivity index (χ1v) is 10.8. The highest BCUT2D eigenvalue weighted by molar-refractivity contribution is 6.31. The molecule has 0 radical (unpaired) electrons. The van der Waals surface area contributed by atoms with E-state index in [4.69, 9.17) is 33.7 Å². The fourth-order valence-electron chi connectivity index (χ4n) is 4.78. The zero-order chi connectivity index (χ0) is 23.8. The van der Waals surface area contributed by atoms with Crippen LogP contribution in [0.2, 0.25) is 10.0 Å². The summed E-state index contributed by atoms with van der Waals surface area (Å²) in [7, 11) is 1.56. The van der Waals surface area contributed by atoms with Crippen LogP contribution in [0.25, 0.3) is 0 Å². The maximum Gasteiger partial charge on any atom is 0.321 e. The molecule has 0 aliphatic carbocycles. The minimum atomic E-state index is -1.63. The predicted octanol–water partition coefficient (Wildman–Crippen LogP) is 4.70. The first kappa shape index (κ1) is 24.9. The zero-order valence-electron chi connectivity index (χ0n) is 18.0. The van der Waals surface area contributed by atoms with Crippen molar-refractivity contribution in [3.63, 3.8) is 0 Å². The van der Waals surface area contributed by atoms with Gasteiger partial charge in [0.1, 0.15) is 17.7 Å². The second-order valence-electron chi connectivity index (χ2n) is 9.01. The molecule has 1 saturated heterocycles. The Labute approximate surface area is 195 Å². The second kappa shape index (κ2) is 9.23. The van der Waals surface area contributed by atoms with Crippen LogP contribution in [0.3, 0.4) is 0 Å². The number of carboxylic acid groups (broad SMARTS) is 1. The Morgan fingerprint density at radius 2 is 1.97 bits per heavy atom. The number of rotatable bonds is 7. The number of ether oxygens (including phenoxy) is 1. The molecule has 5 nitrogen and oxygen atoms in total. The van der Waals surface area contributed by atoms with Crippen LogP contribution in [-0.4, -0.2) is 36.9 Å². The van der Waals surface area contributed by atoms with Gasteiger partial charge in [-0.2, -0.15) is 0 Å². The average molecular weight is 487 g/mol. The number of nitrogens with two attached hydrogens (primary N) is 1. The smallest absolute Gasteiger partial charge is 0.321 e. The first-order valence-electron chi connectivity index (χ1n) is 10.1. The molecule has 32 heavy (non-hydrogen) atoms. The average Bonchev–Trinajstić information content (AvgIpc) is 2.96. The minimum Gasteiger partial charge on any atom is -0.480 e. The van der Waals surface area contributed by atoms with Crippen LogP contribution in [0.5, 0.6) is 0 Å². The van der Waals surface area contributed by atoms with E-state index in [2.05, 4.69) is 5.32 Å². The third-order valence-electron chi connectivity index (χ3n) is 6.08. The van der Waals surface area contributed by atoms with Crippen molar-refractivity contribution >= 4 is 29.2 Å². The number of carbonyl (C=O) groups is 1. The molecule has 3 rings (SSSR count). The lowest BCUT2D eigenvalue weighted by atomic mass is 9.68. The van der Waals surface area contributed by atoms with E-state index in [-0.39, 0.29) is 21.2 Å². The number of nitrogens with one attached hydrogen (secondary N) is 1. The SMILES string of the molecule is COCC(C)(C)CC1NC(C(=O)O)C(c2cccc(Cl)c2F)C1(N)c1ccc(Cl)cc1F. The molecule has 2 aromatic carbocycles. The molecule has 9 heteroatoms. The molecule has 4 N–H and O–H groups in total. The van der Waals surface area contributed by atoms with Gasteiger partial charge >= 0.3 is 5.97 Å². The number of halogens is 4. The largest absolute Gasteiger partial charge is 0.480 e. The van der Waals surface area contributed by atoms with Gasteiger partial charge in [0, 0.05) is 29.7 Å². The fraction of sp³-hybridized carbons (Fsp3) is 0.435. The molecule has 0 aromatic heterocycles. The van der Waals surface area contributed by atoms with Crippen molar-refractivity contribution in [2.24, 2.45) is 11.1 Å². The summed E-state index contributed by atoms with van der Waals surface area (Å²) in [5.74, 6) is -3.87. The van der Waals surface area contributed by atoms with E-state index < -0.39 is 46.6 Å². The van der Waals surface area contributed by atoms with Gasteiger partial charge in [-0.15, -0.1) is 0 Å². The molecule has 1 aliphatic rings. The fourth-order valence-corrected chi connectivity index (χ4v) is 5.12. The van der Waals surface area contributed by atoms with Gasteiger partial charge in [0.15, 0.2) is 0 Å².